The van der Waals surface area contributed by atoms with E-state index in [-0.39, 0.29) is 5.41 Å². The fraction of sp³-hybridized carbons (Fsp3) is 0.0952. The number of aromatic nitrogens is 2. The molecule has 0 amide bonds. The number of nitrogens with zero attached hydrogens (tertiary/aromatic N) is 1. The summed E-state index contributed by atoms with van der Waals surface area (Å²) in [6, 6.07) is 17.2. The first-order valence-electron chi connectivity index (χ1n) is 8.25. The normalized spacial score (nSPS) is 19.0. The first-order chi connectivity index (χ1) is 12.4. The molecule has 0 radical (unpaired) electrons. The van der Waals surface area contributed by atoms with Crippen LogP contribution in [0.2, 0.25) is 0 Å². The van der Waals surface area contributed by atoms with Crippen molar-refractivity contribution in [2.75, 3.05) is 0 Å². The number of nitrogens with one attached hydrogen (secondary N) is 1. The standard InChI is InChI=1S/C21H16N2S2/c1-2-5-15(6-3-1)21(16-9-12-24-14-16)10-8-17-18(13-21)22-23-20(17)19-7-4-11-25-19/h1-12,14H,13H2,(H,22,23). The molecule has 0 bridgehead atoms. The van der Waals surface area contributed by atoms with Gasteiger partial charge < -0.3 is 0 Å². The predicted octanol–water partition coefficient (Wildman–Crippen LogP) is 5.76. The fourth-order valence-corrected chi connectivity index (χ4v) is 5.15. The van der Waals surface area contributed by atoms with Crippen molar-refractivity contribution in [3.8, 4) is 10.6 Å². The maximum atomic E-state index is 4.62. The molecule has 5 rings (SSSR count). The van der Waals surface area contributed by atoms with Crippen LogP contribution in [0.15, 0.2) is 70.7 Å². The first kappa shape index (κ1) is 14.9. The average molecular weight is 361 g/mol. The molecule has 3 heterocycles. The Morgan fingerprint density at radius 3 is 2.64 bits per heavy atom. The second-order valence-electron chi connectivity index (χ2n) is 6.30. The third-order valence-electron chi connectivity index (χ3n) is 4.95. The lowest BCUT2D eigenvalue weighted by atomic mass is 9.69. The van der Waals surface area contributed by atoms with Gasteiger partial charge in [-0.25, -0.2) is 0 Å². The number of rotatable bonds is 3. The second-order valence-corrected chi connectivity index (χ2v) is 8.03. The number of thiophene rings is 2. The van der Waals surface area contributed by atoms with Crippen molar-refractivity contribution >= 4 is 28.7 Å². The van der Waals surface area contributed by atoms with Gasteiger partial charge in [0.2, 0.25) is 0 Å². The maximum absolute atomic E-state index is 4.62. The molecular formula is C21H16N2S2. The van der Waals surface area contributed by atoms with Gasteiger partial charge in [0.15, 0.2) is 0 Å². The highest BCUT2D eigenvalue weighted by molar-refractivity contribution is 7.13. The van der Waals surface area contributed by atoms with E-state index in [0.29, 0.717) is 0 Å². The Kier molecular flexibility index (Phi) is 3.47. The van der Waals surface area contributed by atoms with Crippen LogP contribution in [0.4, 0.5) is 0 Å². The van der Waals surface area contributed by atoms with Gasteiger partial charge in [-0.05, 0) is 39.4 Å². The molecule has 3 aromatic heterocycles. The van der Waals surface area contributed by atoms with Crippen molar-refractivity contribution in [2.45, 2.75) is 11.8 Å². The van der Waals surface area contributed by atoms with Gasteiger partial charge in [0.05, 0.1) is 4.88 Å². The van der Waals surface area contributed by atoms with E-state index < -0.39 is 0 Å². The van der Waals surface area contributed by atoms with Gasteiger partial charge >= 0.3 is 0 Å². The minimum Gasteiger partial charge on any atom is -0.281 e. The summed E-state index contributed by atoms with van der Waals surface area (Å²) >= 11 is 3.49. The lowest BCUT2D eigenvalue weighted by Crippen LogP contribution is -2.30. The first-order valence-corrected chi connectivity index (χ1v) is 10.1. The topological polar surface area (TPSA) is 28.7 Å². The number of hydrogen-bond donors (Lipinski definition) is 1. The highest BCUT2D eigenvalue weighted by Gasteiger charge is 2.36. The minimum absolute atomic E-state index is 0.131. The van der Waals surface area contributed by atoms with Crippen LogP contribution in [-0.4, -0.2) is 10.2 Å². The quantitative estimate of drug-likeness (QED) is 0.495. The van der Waals surface area contributed by atoms with E-state index in [1.54, 1.807) is 22.7 Å². The zero-order chi connectivity index (χ0) is 16.7. The van der Waals surface area contributed by atoms with Gasteiger partial charge in [-0.2, -0.15) is 16.4 Å². The SMILES string of the molecule is C1=CC(c2ccccc2)(c2ccsc2)Cc2[nH]nc(-c3cccs3)c21. The van der Waals surface area contributed by atoms with Gasteiger partial charge in [0, 0.05) is 23.1 Å². The highest BCUT2D eigenvalue weighted by atomic mass is 32.1. The molecule has 0 aliphatic heterocycles. The largest absolute Gasteiger partial charge is 0.281 e. The second kappa shape index (κ2) is 5.83. The Balaban J connectivity index is 1.66. The van der Waals surface area contributed by atoms with Crippen molar-refractivity contribution in [2.24, 2.45) is 0 Å². The molecule has 0 saturated heterocycles. The van der Waals surface area contributed by atoms with Gasteiger partial charge in [-0.3, -0.25) is 5.10 Å². The van der Waals surface area contributed by atoms with Crippen LogP contribution in [0.1, 0.15) is 22.4 Å². The molecule has 1 aliphatic rings. The Hall–Kier alpha value is -2.43. The molecule has 0 saturated carbocycles. The summed E-state index contributed by atoms with van der Waals surface area (Å²) in [5, 5.41) is 14.5. The molecule has 1 atom stereocenters. The van der Waals surface area contributed by atoms with Crippen molar-refractivity contribution in [3.05, 3.63) is 93.1 Å². The van der Waals surface area contributed by atoms with Crippen LogP contribution in [0, 0.1) is 0 Å². The average Bonchev–Trinajstić information content (AvgIpc) is 3.42. The van der Waals surface area contributed by atoms with Gasteiger partial charge in [0.25, 0.3) is 0 Å². The summed E-state index contributed by atoms with van der Waals surface area (Å²) in [4.78, 5) is 1.21. The fourth-order valence-electron chi connectivity index (χ4n) is 3.68. The van der Waals surface area contributed by atoms with Crippen molar-refractivity contribution in [1.82, 2.24) is 10.2 Å². The van der Waals surface area contributed by atoms with Crippen LogP contribution in [0.5, 0.6) is 0 Å². The third kappa shape index (κ3) is 2.33. The molecule has 1 N–H and O–H groups in total. The molecule has 4 aromatic rings. The van der Waals surface area contributed by atoms with E-state index in [0.717, 1.165) is 12.1 Å². The number of aromatic amines is 1. The van der Waals surface area contributed by atoms with Gasteiger partial charge in [-0.1, -0.05) is 48.6 Å². The summed E-state index contributed by atoms with van der Waals surface area (Å²) in [5.74, 6) is 0. The molecule has 1 aromatic carbocycles. The third-order valence-corrected chi connectivity index (χ3v) is 6.51. The van der Waals surface area contributed by atoms with Gasteiger partial charge in [0.1, 0.15) is 5.69 Å². The molecule has 0 spiro atoms. The molecule has 4 heteroatoms. The number of allylic oxidation sites excluding steroid dienone is 1. The number of benzene rings is 1. The molecule has 1 aliphatic carbocycles. The zero-order valence-electron chi connectivity index (χ0n) is 13.5. The van der Waals surface area contributed by atoms with Crippen molar-refractivity contribution in [3.63, 3.8) is 0 Å². The smallest absolute Gasteiger partial charge is 0.109 e. The maximum Gasteiger partial charge on any atom is 0.109 e. The Bertz CT molecular complexity index is 1010. The van der Waals surface area contributed by atoms with E-state index in [1.165, 1.54) is 27.3 Å². The summed E-state index contributed by atoms with van der Waals surface area (Å²) in [6.07, 6.45) is 5.51. The van der Waals surface area contributed by atoms with Gasteiger partial charge in [-0.15, -0.1) is 11.3 Å². The minimum atomic E-state index is -0.131. The van der Waals surface area contributed by atoms with Crippen molar-refractivity contribution < 1.29 is 0 Å². The van der Waals surface area contributed by atoms with E-state index >= 15 is 0 Å². The highest BCUT2D eigenvalue weighted by Crippen LogP contribution is 2.43. The molecule has 25 heavy (non-hydrogen) atoms. The summed E-state index contributed by atoms with van der Waals surface area (Å²) in [7, 11) is 0. The zero-order valence-corrected chi connectivity index (χ0v) is 15.1. The van der Waals surface area contributed by atoms with Crippen LogP contribution in [0.3, 0.4) is 0 Å². The van der Waals surface area contributed by atoms with Crippen LogP contribution < -0.4 is 0 Å². The summed E-state index contributed by atoms with van der Waals surface area (Å²) < 4.78 is 0. The number of H-pyrrole nitrogens is 1. The molecule has 0 fully saturated rings. The van der Waals surface area contributed by atoms with Crippen LogP contribution >= 0.6 is 22.7 Å². The Morgan fingerprint density at radius 2 is 1.88 bits per heavy atom. The molecule has 1 unspecified atom stereocenters. The molecule has 2 nitrogen and oxygen atoms in total. The lowest BCUT2D eigenvalue weighted by Gasteiger charge is -2.33. The lowest BCUT2D eigenvalue weighted by molar-refractivity contribution is 0.623. The molecular weight excluding hydrogens is 344 g/mol. The van der Waals surface area contributed by atoms with Crippen molar-refractivity contribution in [1.29, 1.82) is 0 Å². The summed E-state index contributed by atoms with van der Waals surface area (Å²) in [6.45, 7) is 0. The predicted molar refractivity (Wildman–Crippen MR) is 106 cm³/mol. The van der Waals surface area contributed by atoms with E-state index in [2.05, 4.69) is 87.0 Å². The van der Waals surface area contributed by atoms with E-state index in [9.17, 15) is 0 Å². The molecule has 122 valence electrons. The number of fused-ring (bicyclic) bond motifs is 1. The van der Waals surface area contributed by atoms with E-state index in [4.69, 9.17) is 0 Å². The summed E-state index contributed by atoms with van der Waals surface area (Å²) in [5.41, 5.74) is 6.03. The monoisotopic (exact) mass is 360 g/mol. The van der Waals surface area contributed by atoms with Crippen LogP contribution in [0.25, 0.3) is 16.6 Å². The number of hydrogen-bond acceptors (Lipinski definition) is 3. The Labute approximate surface area is 154 Å². The van der Waals surface area contributed by atoms with Crippen LogP contribution in [-0.2, 0) is 11.8 Å². The Morgan fingerprint density at radius 1 is 0.960 bits per heavy atom. The van der Waals surface area contributed by atoms with E-state index in [1.807, 2.05) is 0 Å².